The van der Waals surface area contributed by atoms with Crippen LogP contribution in [0.3, 0.4) is 0 Å². The Morgan fingerprint density at radius 3 is 2.60 bits per heavy atom. The van der Waals surface area contributed by atoms with E-state index in [1.54, 1.807) is 6.20 Å². The van der Waals surface area contributed by atoms with Gasteiger partial charge in [-0.3, -0.25) is 0 Å². The van der Waals surface area contributed by atoms with Crippen molar-refractivity contribution in [2.45, 2.75) is 37.4 Å². The van der Waals surface area contributed by atoms with Crippen molar-refractivity contribution in [1.29, 1.82) is 5.26 Å². The minimum atomic E-state index is -0.639. The second-order valence-corrected chi connectivity index (χ2v) is 6.39. The van der Waals surface area contributed by atoms with Crippen molar-refractivity contribution in [2.24, 2.45) is 5.92 Å². The van der Waals surface area contributed by atoms with Gasteiger partial charge in [0, 0.05) is 13.1 Å². The number of hydrogen-bond acceptors (Lipinski definition) is 6. The third-order valence-corrected chi connectivity index (χ3v) is 4.40. The van der Waals surface area contributed by atoms with Gasteiger partial charge in [-0.15, -0.1) is 0 Å². The van der Waals surface area contributed by atoms with Crippen LogP contribution in [0.2, 0.25) is 0 Å². The minimum Gasteiger partial charge on any atom is -0.390 e. The maximum Gasteiger partial charge on any atom is 0.189 e. The Morgan fingerprint density at radius 1 is 1.45 bits per heavy atom. The van der Waals surface area contributed by atoms with E-state index in [9.17, 15) is 10.4 Å². The maximum absolute atomic E-state index is 10.1. The molecule has 1 fully saturated rings. The molecule has 2 heterocycles. The Hall–Kier alpha value is -1.32. The Kier molecular flexibility index (Phi) is 4.51. The highest BCUT2D eigenvalue weighted by Gasteiger charge is 2.31. The van der Waals surface area contributed by atoms with E-state index in [-0.39, 0.29) is 0 Å². The summed E-state index contributed by atoms with van der Waals surface area (Å²) in [6.45, 7) is 5.36. The van der Waals surface area contributed by atoms with Gasteiger partial charge in [0.1, 0.15) is 11.6 Å². The SMILES string of the molecule is CSc1ncc(C#N)c(N2CCC(C(C)(C)O)CC2)n1. The zero-order valence-electron chi connectivity index (χ0n) is 12.1. The number of nitrogens with zero attached hydrogens (tertiary/aromatic N) is 4. The minimum absolute atomic E-state index is 0.297. The number of rotatable bonds is 3. The summed E-state index contributed by atoms with van der Waals surface area (Å²) >= 11 is 1.47. The van der Waals surface area contributed by atoms with Gasteiger partial charge in [-0.05, 0) is 38.9 Å². The van der Waals surface area contributed by atoms with E-state index >= 15 is 0 Å². The highest BCUT2D eigenvalue weighted by Crippen LogP contribution is 2.31. The largest absolute Gasteiger partial charge is 0.390 e. The summed E-state index contributed by atoms with van der Waals surface area (Å²) in [6, 6.07) is 2.16. The molecule has 1 aliphatic rings. The van der Waals surface area contributed by atoms with Gasteiger partial charge >= 0.3 is 0 Å². The Labute approximate surface area is 124 Å². The van der Waals surface area contributed by atoms with Crippen LogP contribution in [0, 0.1) is 17.2 Å². The highest BCUT2D eigenvalue weighted by molar-refractivity contribution is 7.98. The summed E-state index contributed by atoms with van der Waals surface area (Å²) in [7, 11) is 0. The van der Waals surface area contributed by atoms with E-state index in [2.05, 4.69) is 20.9 Å². The molecule has 0 bridgehead atoms. The second-order valence-electron chi connectivity index (χ2n) is 5.62. The van der Waals surface area contributed by atoms with Crippen molar-refractivity contribution in [3.8, 4) is 6.07 Å². The summed E-state index contributed by atoms with van der Waals surface area (Å²) in [5.41, 5.74) is -0.121. The lowest BCUT2D eigenvalue weighted by Crippen LogP contribution is -2.42. The summed E-state index contributed by atoms with van der Waals surface area (Å²) in [4.78, 5) is 10.7. The third kappa shape index (κ3) is 3.22. The van der Waals surface area contributed by atoms with Crippen LogP contribution in [-0.2, 0) is 0 Å². The molecule has 20 heavy (non-hydrogen) atoms. The van der Waals surface area contributed by atoms with Crippen molar-refractivity contribution in [3.63, 3.8) is 0 Å². The summed E-state index contributed by atoms with van der Waals surface area (Å²) in [5, 5.41) is 20.0. The lowest BCUT2D eigenvalue weighted by atomic mass is 9.83. The molecule has 1 aromatic rings. The van der Waals surface area contributed by atoms with Gasteiger partial charge in [-0.25, -0.2) is 9.97 Å². The maximum atomic E-state index is 10.1. The zero-order valence-corrected chi connectivity index (χ0v) is 12.9. The summed E-state index contributed by atoms with van der Waals surface area (Å²) in [6.07, 6.45) is 5.34. The molecule has 0 atom stereocenters. The highest BCUT2D eigenvalue weighted by atomic mass is 32.2. The Balaban J connectivity index is 2.16. The van der Waals surface area contributed by atoms with E-state index in [0.29, 0.717) is 16.6 Å². The number of piperidine rings is 1. The molecule has 0 amide bonds. The Bertz CT molecular complexity index is 513. The molecular formula is C14H20N4OS. The average molecular weight is 292 g/mol. The van der Waals surface area contributed by atoms with E-state index < -0.39 is 5.60 Å². The number of anilines is 1. The molecule has 1 saturated heterocycles. The zero-order chi connectivity index (χ0) is 14.8. The number of nitriles is 1. The van der Waals surface area contributed by atoms with Gasteiger partial charge in [0.05, 0.1) is 11.8 Å². The fourth-order valence-corrected chi connectivity index (χ4v) is 2.91. The first-order valence-corrected chi connectivity index (χ1v) is 7.96. The lowest BCUT2D eigenvalue weighted by Gasteiger charge is -2.38. The smallest absolute Gasteiger partial charge is 0.189 e. The van der Waals surface area contributed by atoms with Crippen LogP contribution >= 0.6 is 11.8 Å². The first-order valence-electron chi connectivity index (χ1n) is 6.74. The van der Waals surface area contributed by atoms with Crippen LogP contribution in [-0.4, -0.2) is 40.0 Å². The first-order chi connectivity index (χ1) is 9.45. The van der Waals surface area contributed by atoms with Gasteiger partial charge in [-0.1, -0.05) is 11.8 Å². The molecule has 0 saturated carbocycles. The molecule has 0 unspecified atom stereocenters. The standard InChI is InChI=1S/C14H20N4OS/c1-14(2,19)11-4-6-18(7-5-11)12-10(8-15)9-16-13(17-12)20-3/h9,11,19H,4-7H2,1-3H3. The number of aromatic nitrogens is 2. The second kappa shape index (κ2) is 5.98. The average Bonchev–Trinajstić information content (AvgIpc) is 2.45. The molecule has 0 aromatic carbocycles. The predicted molar refractivity (Wildman–Crippen MR) is 79.8 cm³/mol. The molecule has 0 radical (unpaired) electrons. The number of hydrogen-bond donors (Lipinski definition) is 1. The van der Waals surface area contributed by atoms with E-state index in [1.165, 1.54) is 11.8 Å². The molecule has 0 aliphatic carbocycles. The van der Waals surface area contributed by atoms with Gasteiger partial charge < -0.3 is 10.0 Å². The van der Waals surface area contributed by atoms with Crippen LogP contribution in [0.25, 0.3) is 0 Å². The molecule has 2 rings (SSSR count). The fourth-order valence-electron chi connectivity index (χ4n) is 2.57. The van der Waals surface area contributed by atoms with Crippen molar-refractivity contribution >= 4 is 17.6 Å². The normalized spacial score (nSPS) is 17.1. The van der Waals surface area contributed by atoms with Gasteiger partial charge in [0.25, 0.3) is 0 Å². The number of aliphatic hydroxyl groups is 1. The molecule has 5 nitrogen and oxygen atoms in total. The van der Waals surface area contributed by atoms with Crippen LogP contribution in [0.4, 0.5) is 5.82 Å². The van der Waals surface area contributed by atoms with Crippen LogP contribution in [0.1, 0.15) is 32.3 Å². The predicted octanol–water partition coefficient (Wildman–Crippen LogP) is 2.06. The van der Waals surface area contributed by atoms with Crippen molar-refractivity contribution < 1.29 is 5.11 Å². The number of thioether (sulfide) groups is 1. The first kappa shape index (κ1) is 15.1. The lowest BCUT2D eigenvalue weighted by molar-refractivity contribution is 0.00645. The summed E-state index contributed by atoms with van der Waals surface area (Å²) in [5.74, 6) is 1.02. The molecule has 108 valence electrons. The molecule has 6 heteroatoms. The van der Waals surface area contributed by atoms with E-state index in [1.807, 2.05) is 20.1 Å². The summed E-state index contributed by atoms with van der Waals surface area (Å²) < 4.78 is 0. The molecular weight excluding hydrogens is 272 g/mol. The third-order valence-electron chi connectivity index (χ3n) is 3.84. The van der Waals surface area contributed by atoms with Crippen LogP contribution in [0.15, 0.2) is 11.4 Å². The molecule has 1 aliphatic heterocycles. The van der Waals surface area contributed by atoms with Gasteiger partial charge in [-0.2, -0.15) is 5.26 Å². The van der Waals surface area contributed by atoms with Crippen LogP contribution in [0.5, 0.6) is 0 Å². The topological polar surface area (TPSA) is 73.0 Å². The molecule has 1 aromatic heterocycles. The van der Waals surface area contributed by atoms with Crippen molar-refractivity contribution in [2.75, 3.05) is 24.2 Å². The fraction of sp³-hybridized carbons (Fsp3) is 0.643. The van der Waals surface area contributed by atoms with E-state index in [4.69, 9.17) is 0 Å². The van der Waals surface area contributed by atoms with Crippen LogP contribution < -0.4 is 4.90 Å². The van der Waals surface area contributed by atoms with Gasteiger partial charge in [0.15, 0.2) is 11.0 Å². The van der Waals surface area contributed by atoms with Crippen molar-refractivity contribution in [3.05, 3.63) is 11.8 Å². The van der Waals surface area contributed by atoms with E-state index in [0.717, 1.165) is 31.7 Å². The van der Waals surface area contributed by atoms with Gasteiger partial charge in [0.2, 0.25) is 0 Å². The van der Waals surface area contributed by atoms with Crippen molar-refractivity contribution in [1.82, 2.24) is 9.97 Å². The Morgan fingerprint density at radius 2 is 2.10 bits per heavy atom. The molecule has 0 spiro atoms. The quantitative estimate of drug-likeness (QED) is 0.679. The molecule has 1 N–H and O–H groups in total. The monoisotopic (exact) mass is 292 g/mol.